The van der Waals surface area contributed by atoms with E-state index in [4.69, 9.17) is 11.6 Å². The van der Waals surface area contributed by atoms with Crippen LogP contribution in [0.3, 0.4) is 0 Å². The number of anilines is 1. The Hall–Kier alpha value is -3.71. The number of aromatic nitrogens is 2. The average molecular weight is 410 g/mol. The summed E-state index contributed by atoms with van der Waals surface area (Å²) in [5.41, 5.74) is -0.700. The molecule has 0 aliphatic heterocycles. The Morgan fingerprint density at radius 1 is 1.10 bits per heavy atom. The Balaban J connectivity index is 1.95. The average Bonchev–Trinajstić information content (AvgIpc) is 2.68. The van der Waals surface area contributed by atoms with Crippen LogP contribution in [-0.2, 0) is 0 Å². The Morgan fingerprint density at radius 2 is 1.90 bits per heavy atom. The first-order chi connectivity index (χ1) is 14.0. The number of carbonyl (C=O) groups is 1. The number of aromatic hydroxyl groups is 1. The fourth-order valence-electron chi connectivity index (χ4n) is 3.02. The van der Waals surface area contributed by atoms with Crippen LogP contribution in [0.4, 0.5) is 10.1 Å². The van der Waals surface area contributed by atoms with Gasteiger partial charge in [-0.1, -0.05) is 23.7 Å². The predicted molar refractivity (Wildman–Crippen MR) is 108 cm³/mol. The summed E-state index contributed by atoms with van der Waals surface area (Å²) < 4.78 is 14.9. The summed E-state index contributed by atoms with van der Waals surface area (Å²) in [6.45, 7) is 0. The normalized spacial score (nSPS) is 10.8. The zero-order valence-electron chi connectivity index (χ0n) is 14.8. The Morgan fingerprint density at radius 3 is 2.66 bits per heavy atom. The Bertz CT molecular complexity index is 1320. The fourth-order valence-corrected chi connectivity index (χ4v) is 3.21. The van der Waals surface area contributed by atoms with Gasteiger partial charge >= 0.3 is 0 Å². The van der Waals surface area contributed by atoms with Gasteiger partial charge in [0.2, 0.25) is 0 Å². The SMILES string of the molecule is O=C(Nc1cccc(Cl)c1)c1c(O)c2cccnc2n(-c2cccc(F)c2)c1=O. The standard InChI is InChI=1S/C21H13ClFN3O3/c22-12-4-1-6-14(10-12)25-20(28)17-18(27)16-8-3-9-24-19(16)26(21(17)29)15-7-2-5-13(23)11-15/h1-11,27H,(H,25,28). The number of pyridine rings is 2. The summed E-state index contributed by atoms with van der Waals surface area (Å²) in [5, 5.41) is 13.8. The van der Waals surface area contributed by atoms with Crippen LogP contribution in [0.15, 0.2) is 71.7 Å². The molecule has 2 aromatic heterocycles. The van der Waals surface area contributed by atoms with Gasteiger partial charge in [0.15, 0.2) is 5.65 Å². The van der Waals surface area contributed by atoms with Gasteiger partial charge in [0, 0.05) is 16.9 Å². The zero-order valence-corrected chi connectivity index (χ0v) is 15.5. The maximum atomic E-state index is 13.8. The van der Waals surface area contributed by atoms with E-state index in [9.17, 15) is 19.1 Å². The molecule has 2 N–H and O–H groups in total. The van der Waals surface area contributed by atoms with Gasteiger partial charge in [0.25, 0.3) is 11.5 Å². The number of hydrogen-bond acceptors (Lipinski definition) is 4. The number of rotatable bonds is 3. The third-order valence-electron chi connectivity index (χ3n) is 4.28. The first-order valence-electron chi connectivity index (χ1n) is 8.51. The van der Waals surface area contributed by atoms with Crippen LogP contribution < -0.4 is 10.9 Å². The van der Waals surface area contributed by atoms with Crippen molar-refractivity contribution in [2.75, 3.05) is 5.32 Å². The molecule has 0 bridgehead atoms. The van der Waals surface area contributed by atoms with Gasteiger partial charge in [0.05, 0.1) is 11.1 Å². The fraction of sp³-hybridized carbons (Fsp3) is 0. The topological polar surface area (TPSA) is 84.2 Å². The molecule has 2 heterocycles. The molecule has 0 aliphatic rings. The molecule has 4 rings (SSSR count). The summed E-state index contributed by atoms with van der Waals surface area (Å²) in [6, 6.07) is 14.8. The monoisotopic (exact) mass is 409 g/mol. The van der Waals surface area contributed by atoms with E-state index in [2.05, 4.69) is 10.3 Å². The third kappa shape index (κ3) is 3.43. The van der Waals surface area contributed by atoms with Crippen molar-refractivity contribution in [1.82, 2.24) is 9.55 Å². The highest BCUT2D eigenvalue weighted by Gasteiger charge is 2.24. The number of carbonyl (C=O) groups excluding carboxylic acids is 1. The lowest BCUT2D eigenvalue weighted by atomic mass is 10.1. The van der Waals surface area contributed by atoms with Crippen molar-refractivity contribution in [3.8, 4) is 11.4 Å². The van der Waals surface area contributed by atoms with E-state index in [0.717, 1.165) is 10.6 Å². The molecule has 0 atom stereocenters. The molecular formula is C21H13ClFN3O3. The van der Waals surface area contributed by atoms with Crippen LogP contribution in [0.25, 0.3) is 16.7 Å². The maximum Gasteiger partial charge on any atom is 0.273 e. The molecule has 0 unspecified atom stereocenters. The van der Waals surface area contributed by atoms with E-state index in [-0.39, 0.29) is 16.7 Å². The Labute approximate surface area is 168 Å². The van der Waals surface area contributed by atoms with Crippen LogP contribution in [0.5, 0.6) is 5.75 Å². The molecule has 2 aromatic carbocycles. The molecule has 4 aromatic rings. The molecule has 144 valence electrons. The maximum absolute atomic E-state index is 13.8. The third-order valence-corrected chi connectivity index (χ3v) is 4.52. The number of fused-ring (bicyclic) bond motifs is 1. The Kier molecular flexibility index (Phi) is 4.74. The molecule has 0 saturated heterocycles. The minimum atomic E-state index is -0.834. The molecule has 0 saturated carbocycles. The minimum absolute atomic E-state index is 0.0971. The summed E-state index contributed by atoms with van der Waals surface area (Å²) in [5.74, 6) is -1.90. The molecule has 29 heavy (non-hydrogen) atoms. The molecule has 0 fully saturated rings. The quantitative estimate of drug-likeness (QED) is 0.532. The lowest BCUT2D eigenvalue weighted by molar-refractivity contribution is 0.102. The van der Waals surface area contributed by atoms with Crippen LogP contribution in [0.1, 0.15) is 10.4 Å². The van der Waals surface area contributed by atoms with E-state index >= 15 is 0 Å². The van der Waals surface area contributed by atoms with E-state index in [1.807, 2.05) is 0 Å². The molecule has 8 heteroatoms. The van der Waals surface area contributed by atoms with Crippen molar-refractivity contribution in [3.63, 3.8) is 0 Å². The molecule has 0 radical (unpaired) electrons. The van der Waals surface area contributed by atoms with Crippen molar-refractivity contribution < 1.29 is 14.3 Å². The van der Waals surface area contributed by atoms with E-state index in [1.54, 1.807) is 24.3 Å². The second-order valence-corrected chi connectivity index (χ2v) is 6.62. The number of hydrogen-bond donors (Lipinski definition) is 2. The van der Waals surface area contributed by atoms with E-state index in [1.165, 1.54) is 36.5 Å². The van der Waals surface area contributed by atoms with Crippen molar-refractivity contribution in [2.24, 2.45) is 0 Å². The highest BCUT2D eigenvalue weighted by Crippen LogP contribution is 2.27. The van der Waals surface area contributed by atoms with Crippen molar-refractivity contribution in [2.45, 2.75) is 0 Å². The van der Waals surface area contributed by atoms with Crippen LogP contribution in [0, 0.1) is 5.82 Å². The number of nitrogens with one attached hydrogen (secondary N) is 1. The summed E-state index contributed by atoms with van der Waals surface area (Å²) >= 11 is 5.92. The van der Waals surface area contributed by atoms with E-state index < -0.39 is 28.6 Å². The first kappa shape index (κ1) is 18.6. The van der Waals surface area contributed by atoms with Crippen LogP contribution in [-0.4, -0.2) is 20.6 Å². The lowest BCUT2D eigenvalue weighted by Gasteiger charge is -2.14. The summed E-state index contributed by atoms with van der Waals surface area (Å²) in [4.78, 5) is 30.1. The number of halogens is 2. The zero-order chi connectivity index (χ0) is 20.5. The van der Waals surface area contributed by atoms with Gasteiger partial charge in [-0.15, -0.1) is 0 Å². The highest BCUT2D eigenvalue weighted by atomic mass is 35.5. The minimum Gasteiger partial charge on any atom is -0.506 e. The van der Waals surface area contributed by atoms with E-state index in [0.29, 0.717) is 10.7 Å². The largest absolute Gasteiger partial charge is 0.506 e. The molecule has 0 aliphatic carbocycles. The van der Waals surface area contributed by atoms with Gasteiger partial charge in [0.1, 0.15) is 17.1 Å². The van der Waals surface area contributed by atoms with Crippen molar-refractivity contribution in [1.29, 1.82) is 0 Å². The second kappa shape index (κ2) is 7.37. The van der Waals surface area contributed by atoms with Gasteiger partial charge in [-0.2, -0.15) is 0 Å². The number of benzene rings is 2. The molecule has 1 amide bonds. The summed E-state index contributed by atoms with van der Waals surface area (Å²) in [6.07, 6.45) is 1.43. The number of nitrogens with zero attached hydrogens (tertiary/aromatic N) is 2. The van der Waals surface area contributed by atoms with Gasteiger partial charge in [-0.05, 0) is 48.5 Å². The molecule has 6 nitrogen and oxygen atoms in total. The van der Waals surface area contributed by atoms with Gasteiger partial charge in [-0.3, -0.25) is 14.2 Å². The van der Waals surface area contributed by atoms with Crippen molar-refractivity contribution in [3.05, 3.63) is 93.6 Å². The predicted octanol–water partition coefficient (Wildman–Crippen LogP) is 4.14. The second-order valence-electron chi connectivity index (χ2n) is 6.18. The van der Waals surface area contributed by atoms with Crippen LogP contribution >= 0.6 is 11.6 Å². The van der Waals surface area contributed by atoms with Gasteiger partial charge in [-0.25, -0.2) is 9.37 Å². The summed E-state index contributed by atoms with van der Waals surface area (Å²) in [7, 11) is 0. The van der Waals surface area contributed by atoms with Crippen LogP contribution in [0.2, 0.25) is 5.02 Å². The first-order valence-corrected chi connectivity index (χ1v) is 8.89. The molecular weight excluding hydrogens is 397 g/mol. The number of amides is 1. The smallest absolute Gasteiger partial charge is 0.273 e. The highest BCUT2D eigenvalue weighted by molar-refractivity contribution is 6.31. The molecule has 0 spiro atoms. The lowest BCUT2D eigenvalue weighted by Crippen LogP contribution is -2.29. The van der Waals surface area contributed by atoms with Gasteiger partial charge < -0.3 is 10.4 Å². The van der Waals surface area contributed by atoms with Crippen molar-refractivity contribution >= 4 is 34.2 Å².